The lowest BCUT2D eigenvalue weighted by Crippen LogP contribution is -2.20. The standard InChI is InChI=1S/C14H13ClN2O2/c1-9-6-7-10(8-16-9)13(14(18)19)17-12-5-3-2-4-11(12)15/h2-8,13,17H,1H3,(H,18,19). The summed E-state index contributed by atoms with van der Waals surface area (Å²) >= 11 is 6.01. The molecule has 19 heavy (non-hydrogen) atoms. The summed E-state index contributed by atoms with van der Waals surface area (Å²) in [6.45, 7) is 1.85. The maximum Gasteiger partial charge on any atom is 0.330 e. The lowest BCUT2D eigenvalue weighted by molar-refractivity contribution is -0.138. The average molecular weight is 277 g/mol. The summed E-state index contributed by atoms with van der Waals surface area (Å²) in [5.41, 5.74) is 2.00. The number of hydrogen-bond donors (Lipinski definition) is 2. The smallest absolute Gasteiger partial charge is 0.330 e. The van der Waals surface area contributed by atoms with Crippen molar-refractivity contribution in [2.24, 2.45) is 0 Å². The van der Waals surface area contributed by atoms with Crippen LogP contribution in [0.15, 0.2) is 42.6 Å². The van der Waals surface area contributed by atoms with Crippen molar-refractivity contribution in [3.05, 3.63) is 58.9 Å². The Morgan fingerprint density at radius 3 is 2.63 bits per heavy atom. The number of nitrogens with zero attached hydrogens (tertiary/aromatic N) is 1. The Balaban J connectivity index is 2.29. The second kappa shape index (κ2) is 5.71. The van der Waals surface area contributed by atoms with Gasteiger partial charge in [0, 0.05) is 17.5 Å². The van der Waals surface area contributed by atoms with Crippen molar-refractivity contribution in [3.63, 3.8) is 0 Å². The van der Waals surface area contributed by atoms with Crippen LogP contribution in [0.2, 0.25) is 5.02 Å². The van der Waals surface area contributed by atoms with Crippen molar-refractivity contribution < 1.29 is 9.90 Å². The van der Waals surface area contributed by atoms with E-state index in [1.807, 2.05) is 6.92 Å². The van der Waals surface area contributed by atoms with Gasteiger partial charge in [0.1, 0.15) is 0 Å². The number of carboxylic acids is 1. The first-order valence-electron chi connectivity index (χ1n) is 5.74. The van der Waals surface area contributed by atoms with E-state index in [0.717, 1.165) is 5.69 Å². The van der Waals surface area contributed by atoms with Gasteiger partial charge in [0.25, 0.3) is 0 Å². The fourth-order valence-corrected chi connectivity index (χ4v) is 1.86. The molecule has 0 saturated heterocycles. The maximum absolute atomic E-state index is 11.4. The molecule has 1 heterocycles. The summed E-state index contributed by atoms with van der Waals surface area (Å²) in [5, 5.41) is 12.7. The van der Waals surface area contributed by atoms with Gasteiger partial charge in [0.05, 0.1) is 10.7 Å². The fraction of sp³-hybridized carbons (Fsp3) is 0.143. The lowest BCUT2D eigenvalue weighted by Gasteiger charge is -2.16. The molecule has 0 radical (unpaired) electrons. The second-order valence-corrected chi connectivity index (χ2v) is 4.54. The van der Waals surface area contributed by atoms with Crippen LogP contribution in [0.5, 0.6) is 0 Å². The van der Waals surface area contributed by atoms with E-state index in [9.17, 15) is 9.90 Å². The van der Waals surface area contributed by atoms with Crippen LogP contribution in [0.25, 0.3) is 0 Å². The first-order chi connectivity index (χ1) is 9.08. The van der Waals surface area contributed by atoms with Gasteiger partial charge >= 0.3 is 5.97 Å². The van der Waals surface area contributed by atoms with E-state index < -0.39 is 12.0 Å². The minimum Gasteiger partial charge on any atom is -0.479 e. The molecule has 2 rings (SSSR count). The van der Waals surface area contributed by atoms with Gasteiger partial charge in [-0.05, 0) is 25.1 Å². The molecular weight excluding hydrogens is 264 g/mol. The summed E-state index contributed by atoms with van der Waals surface area (Å²) in [5.74, 6) is -0.981. The molecule has 0 aliphatic rings. The summed E-state index contributed by atoms with van der Waals surface area (Å²) in [6, 6.07) is 9.66. The highest BCUT2D eigenvalue weighted by molar-refractivity contribution is 6.33. The Bertz CT molecular complexity index is 584. The highest BCUT2D eigenvalue weighted by atomic mass is 35.5. The molecule has 1 unspecified atom stereocenters. The largest absolute Gasteiger partial charge is 0.479 e. The minimum atomic E-state index is -0.981. The summed E-state index contributed by atoms with van der Waals surface area (Å²) in [4.78, 5) is 15.5. The van der Waals surface area contributed by atoms with Crippen LogP contribution in [-0.4, -0.2) is 16.1 Å². The Morgan fingerprint density at radius 2 is 2.05 bits per heavy atom. The molecule has 0 aliphatic heterocycles. The number of nitrogens with one attached hydrogen (secondary N) is 1. The molecule has 0 aliphatic carbocycles. The average Bonchev–Trinajstić information content (AvgIpc) is 2.39. The van der Waals surface area contributed by atoms with Gasteiger partial charge in [-0.1, -0.05) is 29.8 Å². The third kappa shape index (κ3) is 3.23. The minimum absolute atomic E-state index is 0.480. The van der Waals surface area contributed by atoms with Gasteiger partial charge in [-0.25, -0.2) is 4.79 Å². The first-order valence-corrected chi connectivity index (χ1v) is 6.12. The molecule has 0 amide bonds. The predicted octanol–water partition coefficient (Wildman–Crippen LogP) is 3.28. The molecule has 1 aromatic carbocycles. The number of aliphatic carboxylic acids is 1. The van der Waals surface area contributed by atoms with Crippen LogP contribution in [0.4, 0.5) is 5.69 Å². The fourth-order valence-electron chi connectivity index (χ4n) is 1.67. The molecule has 0 fully saturated rings. The number of aromatic nitrogens is 1. The van der Waals surface area contributed by atoms with Gasteiger partial charge in [-0.3, -0.25) is 4.98 Å². The number of carbonyl (C=O) groups is 1. The molecule has 1 atom stereocenters. The quantitative estimate of drug-likeness (QED) is 0.899. The Hall–Kier alpha value is -2.07. The van der Waals surface area contributed by atoms with Crippen LogP contribution in [0.1, 0.15) is 17.3 Å². The zero-order valence-corrected chi connectivity index (χ0v) is 11.1. The van der Waals surface area contributed by atoms with Crippen LogP contribution in [0.3, 0.4) is 0 Å². The number of pyridine rings is 1. The number of para-hydroxylation sites is 1. The molecule has 98 valence electrons. The Kier molecular flexibility index (Phi) is 4.02. The molecule has 2 N–H and O–H groups in total. The zero-order valence-electron chi connectivity index (χ0n) is 10.3. The van der Waals surface area contributed by atoms with Gasteiger partial charge in [-0.15, -0.1) is 0 Å². The molecule has 0 spiro atoms. The summed E-state index contributed by atoms with van der Waals surface area (Å²) < 4.78 is 0. The van der Waals surface area contributed by atoms with E-state index in [4.69, 9.17) is 11.6 Å². The maximum atomic E-state index is 11.4. The topological polar surface area (TPSA) is 62.2 Å². The highest BCUT2D eigenvalue weighted by Crippen LogP contribution is 2.26. The van der Waals surface area contributed by atoms with Crippen molar-refractivity contribution in [1.82, 2.24) is 4.98 Å². The lowest BCUT2D eigenvalue weighted by atomic mass is 10.1. The summed E-state index contributed by atoms with van der Waals surface area (Å²) in [6.07, 6.45) is 1.55. The summed E-state index contributed by atoms with van der Waals surface area (Å²) in [7, 11) is 0. The second-order valence-electron chi connectivity index (χ2n) is 4.13. The number of hydrogen-bond acceptors (Lipinski definition) is 3. The molecule has 1 aromatic heterocycles. The SMILES string of the molecule is Cc1ccc(C(Nc2ccccc2Cl)C(=O)O)cn1. The third-order valence-corrected chi connectivity index (χ3v) is 3.02. The van der Waals surface area contributed by atoms with Gasteiger partial charge in [0.15, 0.2) is 6.04 Å². The molecule has 0 bridgehead atoms. The van der Waals surface area contributed by atoms with E-state index in [1.54, 1.807) is 42.6 Å². The van der Waals surface area contributed by atoms with Crippen LogP contribution >= 0.6 is 11.6 Å². The van der Waals surface area contributed by atoms with Crippen molar-refractivity contribution >= 4 is 23.3 Å². The van der Waals surface area contributed by atoms with Crippen LogP contribution in [0, 0.1) is 6.92 Å². The molecular formula is C14H13ClN2O2. The van der Waals surface area contributed by atoms with Gasteiger partial charge in [-0.2, -0.15) is 0 Å². The molecule has 5 heteroatoms. The van der Waals surface area contributed by atoms with Crippen molar-refractivity contribution in [2.75, 3.05) is 5.32 Å². The van der Waals surface area contributed by atoms with Crippen molar-refractivity contribution in [2.45, 2.75) is 13.0 Å². The molecule has 4 nitrogen and oxygen atoms in total. The van der Waals surface area contributed by atoms with Gasteiger partial charge in [0.2, 0.25) is 0 Å². The zero-order chi connectivity index (χ0) is 13.8. The first kappa shape index (κ1) is 13.4. The Morgan fingerprint density at radius 1 is 1.32 bits per heavy atom. The van der Waals surface area contributed by atoms with Crippen molar-refractivity contribution in [1.29, 1.82) is 0 Å². The number of benzene rings is 1. The number of rotatable bonds is 4. The number of carboxylic acid groups (broad SMARTS) is 1. The Labute approximate surface area is 116 Å². The van der Waals surface area contributed by atoms with E-state index in [1.165, 1.54) is 0 Å². The normalized spacial score (nSPS) is 11.9. The van der Waals surface area contributed by atoms with Gasteiger partial charge < -0.3 is 10.4 Å². The van der Waals surface area contributed by atoms with Crippen LogP contribution < -0.4 is 5.32 Å². The van der Waals surface area contributed by atoms with Crippen LogP contribution in [-0.2, 0) is 4.79 Å². The van der Waals surface area contributed by atoms with E-state index in [2.05, 4.69) is 10.3 Å². The monoisotopic (exact) mass is 276 g/mol. The molecule has 2 aromatic rings. The predicted molar refractivity (Wildman–Crippen MR) is 74.4 cm³/mol. The van der Waals surface area contributed by atoms with E-state index >= 15 is 0 Å². The molecule has 0 saturated carbocycles. The third-order valence-electron chi connectivity index (χ3n) is 2.69. The number of aryl methyl sites for hydroxylation is 1. The number of anilines is 1. The number of halogens is 1. The van der Waals surface area contributed by atoms with E-state index in [-0.39, 0.29) is 0 Å². The highest BCUT2D eigenvalue weighted by Gasteiger charge is 2.20. The van der Waals surface area contributed by atoms with Crippen molar-refractivity contribution in [3.8, 4) is 0 Å². The van der Waals surface area contributed by atoms with E-state index in [0.29, 0.717) is 16.3 Å².